The Balaban J connectivity index is 1.57. The lowest BCUT2D eigenvalue weighted by atomic mass is 9.75. The number of hydrogen-bond acceptors (Lipinski definition) is 8. The lowest BCUT2D eigenvalue weighted by molar-refractivity contribution is -0.189. The van der Waals surface area contributed by atoms with E-state index < -0.39 is 35.3 Å². The highest BCUT2D eigenvalue weighted by Crippen LogP contribution is 2.42. The summed E-state index contributed by atoms with van der Waals surface area (Å²) < 4.78 is 28.5. The summed E-state index contributed by atoms with van der Waals surface area (Å²) in [6.45, 7) is 11.5. The number of imidazole rings is 1. The van der Waals surface area contributed by atoms with Crippen LogP contribution in [0.25, 0.3) is 22.3 Å². The standard InChI is InChI=1S/C25H31ClFN5O4/c1-11(2)32-15-8-12(7-14(27)18(15)29-22(32)25(5,6)34)17-13(26)9-28-23(30-17)31-20-19(33)21-35-10-16(36-21)24(20,3)4/h7-9,11,16,19-21,33-34H,10H2,1-6H3,(H,28,30,31)/t16-,19+,20+,21-/m1/s1. The monoisotopic (exact) mass is 519 g/mol. The van der Waals surface area contributed by atoms with E-state index >= 15 is 4.39 Å². The number of halogens is 2. The number of nitrogens with zero attached hydrogens (tertiary/aromatic N) is 4. The number of nitrogens with one attached hydrogen (secondary N) is 1. The number of benzene rings is 1. The summed E-state index contributed by atoms with van der Waals surface area (Å²) in [4.78, 5) is 13.3. The predicted molar refractivity (Wildman–Crippen MR) is 133 cm³/mol. The van der Waals surface area contributed by atoms with Gasteiger partial charge in [-0.25, -0.2) is 19.3 Å². The van der Waals surface area contributed by atoms with Gasteiger partial charge in [-0.1, -0.05) is 25.4 Å². The van der Waals surface area contributed by atoms with E-state index in [1.807, 2.05) is 32.3 Å². The van der Waals surface area contributed by atoms with Crippen LogP contribution in [0.3, 0.4) is 0 Å². The number of fused-ring (bicyclic) bond motifs is 3. The van der Waals surface area contributed by atoms with Gasteiger partial charge in [-0.05, 0) is 39.8 Å². The summed E-state index contributed by atoms with van der Waals surface area (Å²) in [7, 11) is 0. The van der Waals surface area contributed by atoms with E-state index in [1.165, 1.54) is 12.3 Å². The summed E-state index contributed by atoms with van der Waals surface area (Å²) in [6, 6.07) is 2.56. The first-order valence-corrected chi connectivity index (χ1v) is 12.4. The van der Waals surface area contributed by atoms with Crippen LogP contribution in [0.4, 0.5) is 10.3 Å². The van der Waals surface area contributed by atoms with Crippen LogP contribution in [0, 0.1) is 11.2 Å². The van der Waals surface area contributed by atoms with E-state index in [4.69, 9.17) is 21.1 Å². The summed E-state index contributed by atoms with van der Waals surface area (Å²) >= 11 is 6.47. The van der Waals surface area contributed by atoms with Crippen molar-refractivity contribution in [3.05, 3.63) is 35.0 Å². The molecule has 2 aliphatic heterocycles. The summed E-state index contributed by atoms with van der Waals surface area (Å²) in [5, 5.41) is 24.9. The molecule has 4 heterocycles. The molecular weight excluding hydrogens is 489 g/mol. The van der Waals surface area contributed by atoms with Crippen molar-refractivity contribution < 1.29 is 24.1 Å². The van der Waals surface area contributed by atoms with Gasteiger partial charge < -0.3 is 29.6 Å². The van der Waals surface area contributed by atoms with Crippen molar-refractivity contribution in [2.75, 3.05) is 11.9 Å². The Bertz CT molecular complexity index is 1320. The number of aliphatic hydroxyl groups is 2. The first kappa shape index (κ1) is 25.3. The second-order valence-electron chi connectivity index (χ2n) is 10.9. The number of anilines is 1. The molecule has 3 N–H and O–H groups in total. The molecule has 11 heteroatoms. The Morgan fingerprint density at radius 2 is 2.00 bits per heavy atom. The quantitative estimate of drug-likeness (QED) is 0.463. The molecule has 4 atom stereocenters. The van der Waals surface area contributed by atoms with Crippen LogP contribution in [0.5, 0.6) is 0 Å². The van der Waals surface area contributed by atoms with Gasteiger partial charge in [0.1, 0.15) is 23.0 Å². The fraction of sp³-hybridized carbons (Fsp3) is 0.560. The first-order chi connectivity index (χ1) is 16.8. The maximum atomic E-state index is 15.3. The number of ether oxygens (including phenoxy) is 2. The molecule has 1 aromatic carbocycles. The van der Waals surface area contributed by atoms with Crippen molar-refractivity contribution in [1.29, 1.82) is 0 Å². The maximum Gasteiger partial charge on any atom is 0.223 e. The van der Waals surface area contributed by atoms with Crippen molar-refractivity contribution in [3.8, 4) is 11.3 Å². The zero-order chi connectivity index (χ0) is 26.2. The van der Waals surface area contributed by atoms with E-state index in [-0.39, 0.29) is 28.6 Å². The van der Waals surface area contributed by atoms with Crippen molar-refractivity contribution >= 4 is 28.6 Å². The van der Waals surface area contributed by atoms with E-state index in [1.54, 1.807) is 19.9 Å². The molecular formula is C25H31ClFN5O4. The van der Waals surface area contributed by atoms with Gasteiger partial charge in [-0.15, -0.1) is 0 Å². The Kier molecular flexibility index (Phi) is 6.04. The molecule has 0 aliphatic carbocycles. The van der Waals surface area contributed by atoms with Crippen LogP contribution < -0.4 is 5.32 Å². The van der Waals surface area contributed by atoms with Crippen LogP contribution in [0.2, 0.25) is 5.02 Å². The zero-order valence-electron chi connectivity index (χ0n) is 21.1. The Morgan fingerprint density at radius 3 is 2.67 bits per heavy atom. The summed E-state index contributed by atoms with van der Waals surface area (Å²) in [6.07, 6.45) is -0.394. The minimum Gasteiger partial charge on any atom is -0.386 e. The van der Waals surface area contributed by atoms with Crippen LogP contribution in [-0.4, -0.2) is 60.9 Å². The average Bonchev–Trinajstić information content (AvgIpc) is 3.41. The lowest BCUT2D eigenvalue weighted by Gasteiger charge is -2.44. The van der Waals surface area contributed by atoms with E-state index in [0.29, 0.717) is 29.2 Å². The highest BCUT2D eigenvalue weighted by molar-refractivity contribution is 6.33. The van der Waals surface area contributed by atoms with E-state index in [0.717, 1.165) is 0 Å². The number of rotatable bonds is 5. The minimum absolute atomic E-state index is 0.0843. The third kappa shape index (κ3) is 4.05. The minimum atomic E-state index is -1.26. The molecule has 2 aliphatic rings. The van der Waals surface area contributed by atoms with Crippen molar-refractivity contribution in [2.24, 2.45) is 5.41 Å². The Morgan fingerprint density at radius 1 is 1.28 bits per heavy atom. The second kappa shape index (κ2) is 8.59. The summed E-state index contributed by atoms with van der Waals surface area (Å²) in [5.74, 6) is 0.0569. The molecule has 5 rings (SSSR count). The maximum absolute atomic E-state index is 15.3. The number of aromatic nitrogens is 4. The molecule has 36 heavy (non-hydrogen) atoms. The fourth-order valence-electron chi connectivity index (χ4n) is 5.08. The molecule has 2 aromatic heterocycles. The average molecular weight is 520 g/mol. The van der Waals surface area contributed by atoms with Gasteiger partial charge >= 0.3 is 0 Å². The Labute approximate surface area is 213 Å². The van der Waals surface area contributed by atoms with Gasteiger partial charge in [0.25, 0.3) is 0 Å². The highest BCUT2D eigenvalue weighted by Gasteiger charge is 2.55. The molecule has 0 radical (unpaired) electrons. The van der Waals surface area contributed by atoms with Crippen LogP contribution in [0.15, 0.2) is 18.3 Å². The van der Waals surface area contributed by atoms with Crippen LogP contribution >= 0.6 is 11.6 Å². The van der Waals surface area contributed by atoms with Gasteiger partial charge in [0.15, 0.2) is 12.1 Å². The second-order valence-corrected chi connectivity index (χ2v) is 11.3. The molecule has 9 nitrogen and oxygen atoms in total. The molecule has 2 saturated heterocycles. The molecule has 0 spiro atoms. The van der Waals surface area contributed by atoms with Gasteiger partial charge in [0.05, 0.1) is 41.2 Å². The normalized spacial score (nSPS) is 25.6. The molecule has 2 bridgehead atoms. The number of hydrogen-bond donors (Lipinski definition) is 3. The largest absolute Gasteiger partial charge is 0.386 e. The zero-order valence-corrected chi connectivity index (χ0v) is 21.8. The molecule has 3 aromatic rings. The third-order valence-electron chi connectivity index (χ3n) is 7.08. The van der Waals surface area contributed by atoms with Gasteiger partial charge in [-0.2, -0.15) is 0 Å². The van der Waals surface area contributed by atoms with Crippen molar-refractivity contribution in [1.82, 2.24) is 19.5 Å². The van der Waals surface area contributed by atoms with Crippen molar-refractivity contribution in [3.63, 3.8) is 0 Å². The topological polar surface area (TPSA) is 115 Å². The molecule has 0 unspecified atom stereocenters. The van der Waals surface area contributed by atoms with Crippen LogP contribution in [-0.2, 0) is 15.1 Å². The molecule has 2 fully saturated rings. The highest BCUT2D eigenvalue weighted by atomic mass is 35.5. The molecule has 0 saturated carbocycles. The smallest absolute Gasteiger partial charge is 0.223 e. The van der Waals surface area contributed by atoms with E-state index in [9.17, 15) is 10.2 Å². The van der Waals surface area contributed by atoms with Gasteiger partial charge in [-0.3, -0.25) is 0 Å². The SMILES string of the molecule is CC(C)n1c(C(C)(C)O)nc2c(F)cc(-c3nc(N[C@H]4[C@H](O)[C@@H]5OC[C@@H](O5)C4(C)C)ncc3Cl)cc21. The van der Waals surface area contributed by atoms with Crippen molar-refractivity contribution in [2.45, 2.75) is 77.7 Å². The lowest BCUT2D eigenvalue weighted by Crippen LogP contribution is -2.59. The summed E-state index contributed by atoms with van der Waals surface area (Å²) in [5.41, 5.74) is -0.283. The van der Waals surface area contributed by atoms with Gasteiger partial charge in [0, 0.05) is 17.0 Å². The number of aliphatic hydroxyl groups excluding tert-OH is 1. The molecule has 194 valence electrons. The predicted octanol–water partition coefficient (Wildman–Crippen LogP) is 4.02. The first-order valence-electron chi connectivity index (χ1n) is 12.0. The molecule has 0 amide bonds. The Hall–Kier alpha value is -2.37. The van der Waals surface area contributed by atoms with Gasteiger partial charge in [0.2, 0.25) is 5.95 Å². The van der Waals surface area contributed by atoms with Crippen LogP contribution in [0.1, 0.15) is 53.4 Å². The fourth-order valence-corrected chi connectivity index (χ4v) is 5.28. The van der Waals surface area contributed by atoms with E-state index in [2.05, 4.69) is 20.3 Å². The third-order valence-corrected chi connectivity index (χ3v) is 7.35.